The third kappa shape index (κ3) is 4.99. The number of benzene rings is 2. The summed E-state index contributed by atoms with van der Waals surface area (Å²) in [4.78, 5) is 11.8. The molecule has 23 heavy (non-hydrogen) atoms. The Morgan fingerprint density at radius 3 is 2.39 bits per heavy atom. The van der Waals surface area contributed by atoms with Crippen molar-refractivity contribution in [3.8, 4) is 0 Å². The highest BCUT2D eigenvalue weighted by Gasteiger charge is 2.33. The number of nitrogens with one attached hydrogen (secondary N) is 2. The first-order valence-electron chi connectivity index (χ1n) is 6.82. The van der Waals surface area contributed by atoms with Crippen LogP contribution in [0.15, 0.2) is 53.0 Å². The number of para-hydroxylation sites is 1. The van der Waals surface area contributed by atoms with Gasteiger partial charge in [-0.25, -0.2) is 4.79 Å². The first-order chi connectivity index (χ1) is 10.9. The average molecular weight is 387 g/mol. The zero-order valence-corrected chi connectivity index (χ0v) is 13.5. The molecule has 0 radical (unpaired) electrons. The normalized spacial score (nSPS) is 11.1. The Kier molecular flexibility index (Phi) is 5.65. The summed E-state index contributed by atoms with van der Waals surface area (Å²) in [7, 11) is 0. The molecule has 0 aliphatic carbocycles. The van der Waals surface area contributed by atoms with Gasteiger partial charge in [-0.05, 0) is 30.2 Å². The summed E-state index contributed by atoms with van der Waals surface area (Å²) < 4.78 is 39.4. The van der Waals surface area contributed by atoms with Crippen LogP contribution in [0.2, 0.25) is 0 Å². The molecule has 3 nitrogen and oxygen atoms in total. The van der Waals surface area contributed by atoms with Gasteiger partial charge in [0.15, 0.2) is 0 Å². The van der Waals surface area contributed by atoms with Crippen LogP contribution < -0.4 is 10.6 Å². The lowest BCUT2D eigenvalue weighted by molar-refractivity contribution is -0.136. The van der Waals surface area contributed by atoms with Crippen molar-refractivity contribution < 1.29 is 18.0 Å². The molecule has 0 saturated carbocycles. The van der Waals surface area contributed by atoms with Crippen molar-refractivity contribution in [2.45, 2.75) is 12.6 Å². The van der Waals surface area contributed by atoms with Gasteiger partial charge in [-0.2, -0.15) is 13.2 Å². The van der Waals surface area contributed by atoms with E-state index in [1.807, 2.05) is 24.3 Å². The molecule has 0 saturated heterocycles. The fourth-order valence-electron chi connectivity index (χ4n) is 2.02. The van der Waals surface area contributed by atoms with Crippen LogP contribution in [0.25, 0.3) is 0 Å². The number of carbonyl (C=O) groups is 1. The van der Waals surface area contributed by atoms with E-state index in [0.717, 1.165) is 16.1 Å². The van der Waals surface area contributed by atoms with E-state index in [-0.39, 0.29) is 5.69 Å². The largest absolute Gasteiger partial charge is 0.418 e. The van der Waals surface area contributed by atoms with Crippen molar-refractivity contribution in [1.82, 2.24) is 5.32 Å². The predicted molar refractivity (Wildman–Crippen MR) is 86.3 cm³/mol. The molecule has 7 heteroatoms. The van der Waals surface area contributed by atoms with Gasteiger partial charge in [0.1, 0.15) is 0 Å². The predicted octanol–water partition coefficient (Wildman–Crippen LogP) is 4.83. The van der Waals surface area contributed by atoms with E-state index < -0.39 is 17.8 Å². The highest BCUT2D eigenvalue weighted by atomic mass is 79.9. The molecule has 0 aliphatic rings. The minimum Gasteiger partial charge on any atom is -0.338 e. The number of carbonyl (C=O) groups excluding carboxylic acids is 1. The molecule has 0 aromatic heterocycles. The van der Waals surface area contributed by atoms with Crippen LogP contribution in [0, 0.1) is 0 Å². The number of amides is 2. The van der Waals surface area contributed by atoms with E-state index in [2.05, 4.69) is 26.6 Å². The number of hydrogen-bond donors (Lipinski definition) is 2. The second-order valence-electron chi connectivity index (χ2n) is 4.77. The first kappa shape index (κ1) is 17.3. The third-order valence-corrected chi connectivity index (χ3v) is 3.89. The topological polar surface area (TPSA) is 41.1 Å². The number of halogens is 4. The maximum Gasteiger partial charge on any atom is 0.418 e. The summed E-state index contributed by atoms with van der Waals surface area (Å²) in [6.07, 6.45) is -3.95. The Hall–Kier alpha value is -2.02. The maximum absolute atomic E-state index is 12.8. The van der Waals surface area contributed by atoms with Crippen LogP contribution in [-0.4, -0.2) is 12.6 Å². The van der Waals surface area contributed by atoms with E-state index >= 15 is 0 Å². The lowest BCUT2D eigenvalue weighted by Gasteiger charge is -2.14. The van der Waals surface area contributed by atoms with E-state index in [1.54, 1.807) is 0 Å². The summed E-state index contributed by atoms with van der Waals surface area (Å²) in [5, 5.41) is 4.78. The monoisotopic (exact) mass is 386 g/mol. The molecule has 2 rings (SSSR count). The van der Waals surface area contributed by atoms with E-state index in [9.17, 15) is 18.0 Å². The molecule has 0 fully saturated rings. The number of hydrogen-bond acceptors (Lipinski definition) is 1. The molecule has 2 N–H and O–H groups in total. The second-order valence-corrected chi connectivity index (χ2v) is 5.62. The first-order valence-corrected chi connectivity index (χ1v) is 7.61. The van der Waals surface area contributed by atoms with Crippen LogP contribution in [0.3, 0.4) is 0 Å². The van der Waals surface area contributed by atoms with Crippen molar-refractivity contribution >= 4 is 27.6 Å². The summed E-state index contributed by atoms with van der Waals surface area (Å²) in [5.74, 6) is 0. The van der Waals surface area contributed by atoms with E-state index in [1.165, 1.54) is 18.2 Å². The molecule has 0 unspecified atom stereocenters. The van der Waals surface area contributed by atoms with Gasteiger partial charge in [-0.15, -0.1) is 0 Å². The van der Waals surface area contributed by atoms with Crippen molar-refractivity contribution in [2.75, 3.05) is 11.9 Å². The number of urea groups is 1. The van der Waals surface area contributed by atoms with Crippen molar-refractivity contribution in [3.05, 3.63) is 64.1 Å². The number of rotatable bonds is 4. The molecule has 0 aliphatic heterocycles. The van der Waals surface area contributed by atoms with Crippen molar-refractivity contribution in [2.24, 2.45) is 0 Å². The van der Waals surface area contributed by atoms with Crippen LogP contribution >= 0.6 is 15.9 Å². The molecular formula is C16H14BrF3N2O. The maximum atomic E-state index is 12.8. The number of anilines is 1. The molecule has 2 aromatic rings. The molecule has 122 valence electrons. The van der Waals surface area contributed by atoms with Crippen molar-refractivity contribution in [1.29, 1.82) is 0 Å². The smallest absolute Gasteiger partial charge is 0.338 e. The summed E-state index contributed by atoms with van der Waals surface area (Å²) in [5.41, 5.74) is -0.136. The summed E-state index contributed by atoms with van der Waals surface area (Å²) >= 11 is 3.40. The zero-order chi connectivity index (χ0) is 16.9. The Bertz CT molecular complexity index is 689. The minimum absolute atomic E-state index is 0.265. The minimum atomic E-state index is -4.52. The molecule has 2 aromatic carbocycles. The van der Waals surface area contributed by atoms with E-state index in [0.29, 0.717) is 13.0 Å². The van der Waals surface area contributed by atoms with Gasteiger partial charge in [0.2, 0.25) is 0 Å². The lowest BCUT2D eigenvalue weighted by atomic mass is 10.1. The van der Waals surface area contributed by atoms with Gasteiger partial charge >= 0.3 is 12.2 Å². The Balaban J connectivity index is 1.92. The Labute approximate surface area is 140 Å². The van der Waals surface area contributed by atoms with Gasteiger partial charge in [-0.1, -0.05) is 46.3 Å². The highest BCUT2D eigenvalue weighted by molar-refractivity contribution is 9.10. The third-order valence-electron chi connectivity index (χ3n) is 3.12. The van der Waals surface area contributed by atoms with Gasteiger partial charge < -0.3 is 10.6 Å². The van der Waals surface area contributed by atoms with E-state index in [4.69, 9.17) is 0 Å². The van der Waals surface area contributed by atoms with Crippen LogP contribution in [-0.2, 0) is 12.6 Å². The van der Waals surface area contributed by atoms with Gasteiger partial charge in [0.05, 0.1) is 11.3 Å². The van der Waals surface area contributed by atoms with Crippen molar-refractivity contribution in [3.63, 3.8) is 0 Å². The summed E-state index contributed by atoms with van der Waals surface area (Å²) in [6.45, 7) is 0.308. The average Bonchev–Trinajstić information content (AvgIpc) is 2.49. The Morgan fingerprint density at radius 1 is 1.04 bits per heavy atom. The summed E-state index contributed by atoms with van der Waals surface area (Å²) in [6, 6.07) is 11.7. The standard InChI is InChI=1S/C16H14BrF3N2O/c17-13-7-3-1-5-11(13)9-10-21-15(23)22-14-8-4-2-6-12(14)16(18,19)20/h1-8H,9-10H2,(H2,21,22,23). The molecule has 0 bridgehead atoms. The van der Waals surface area contributed by atoms with Crippen LogP contribution in [0.1, 0.15) is 11.1 Å². The van der Waals surface area contributed by atoms with Gasteiger partial charge in [0, 0.05) is 11.0 Å². The van der Waals surface area contributed by atoms with Crippen LogP contribution in [0.5, 0.6) is 0 Å². The molecular weight excluding hydrogens is 373 g/mol. The van der Waals surface area contributed by atoms with Gasteiger partial charge in [0.25, 0.3) is 0 Å². The molecule has 0 heterocycles. The fourth-order valence-corrected chi connectivity index (χ4v) is 2.50. The quantitative estimate of drug-likeness (QED) is 0.775. The van der Waals surface area contributed by atoms with Gasteiger partial charge in [-0.3, -0.25) is 0 Å². The molecule has 2 amide bonds. The highest BCUT2D eigenvalue weighted by Crippen LogP contribution is 2.34. The molecule has 0 spiro atoms. The molecule has 0 atom stereocenters. The second kappa shape index (κ2) is 7.50. The Morgan fingerprint density at radius 2 is 1.70 bits per heavy atom. The SMILES string of the molecule is O=C(NCCc1ccccc1Br)Nc1ccccc1C(F)(F)F. The lowest BCUT2D eigenvalue weighted by Crippen LogP contribution is -2.31. The van der Waals surface area contributed by atoms with Crippen LogP contribution in [0.4, 0.5) is 23.7 Å². The zero-order valence-electron chi connectivity index (χ0n) is 12.0. The number of alkyl halides is 3. The fraction of sp³-hybridized carbons (Fsp3) is 0.188.